The van der Waals surface area contributed by atoms with E-state index in [0.717, 1.165) is 10.9 Å². The minimum absolute atomic E-state index is 0.00422. The molecule has 2 aromatic rings. The lowest BCUT2D eigenvalue weighted by atomic mass is 9.90. The zero-order valence-electron chi connectivity index (χ0n) is 12.1. The van der Waals surface area contributed by atoms with Gasteiger partial charge in [0.15, 0.2) is 0 Å². The highest BCUT2D eigenvalue weighted by molar-refractivity contribution is 7.89. The summed E-state index contributed by atoms with van der Waals surface area (Å²) in [7, 11) is -3.69. The molecule has 1 aliphatic rings. The van der Waals surface area contributed by atoms with Gasteiger partial charge in [0.05, 0.1) is 15.8 Å². The van der Waals surface area contributed by atoms with Gasteiger partial charge in [0, 0.05) is 24.7 Å². The van der Waals surface area contributed by atoms with E-state index in [0.29, 0.717) is 6.42 Å². The van der Waals surface area contributed by atoms with E-state index in [1.165, 1.54) is 10.4 Å². The minimum Gasteiger partial charge on any atom is -0.481 e. The van der Waals surface area contributed by atoms with Crippen LogP contribution in [-0.2, 0) is 14.8 Å². The first-order valence-corrected chi connectivity index (χ1v) is 8.35. The number of hydrogen-bond donors (Lipinski definition) is 1. The number of carbonyl (C=O) groups is 1. The molecule has 3 rings (SSSR count). The van der Waals surface area contributed by atoms with Crippen molar-refractivity contribution >= 4 is 26.9 Å². The summed E-state index contributed by atoms with van der Waals surface area (Å²) in [5.41, 5.74) is -0.302. The van der Waals surface area contributed by atoms with Crippen LogP contribution in [0.1, 0.15) is 13.3 Å². The van der Waals surface area contributed by atoms with Crippen molar-refractivity contribution in [3.63, 3.8) is 0 Å². The number of rotatable bonds is 3. The lowest BCUT2D eigenvalue weighted by Gasteiger charge is -2.20. The van der Waals surface area contributed by atoms with Crippen LogP contribution in [0.3, 0.4) is 0 Å². The van der Waals surface area contributed by atoms with Crippen LogP contribution < -0.4 is 0 Å². The van der Waals surface area contributed by atoms with Gasteiger partial charge in [-0.25, -0.2) is 8.42 Å². The molecule has 0 saturated carbocycles. The molecular weight excluding hydrogens is 304 g/mol. The van der Waals surface area contributed by atoms with E-state index in [2.05, 4.69) is 4.98 Å². The van der Waals surface area contributed by atoms with Crippen molar-refractivity contribution in [2.75, 3.05) is 13.1 Å². The van der Waals surface area contributed by atoms with Crippen molar-refractivity contribution in [1.82, 2.24) is 9.29 Å². The fourth-order valence-electron chi connectivity index (χ4n) is 2.66. The number of carboxylic acid groups (broad SMARTS) is 1. The third-order valence-corrected chi connectivity index (χ3v) is 6.01. The highest BCUT2D eigenvalue weighted by Gasteiger charge is 2.44. The highest BCUT2D eigenvalue weighted by atomic mass is 32.2. The Hall–Kier alpha value is -1.99. The Bertz CT molecular complexity index is 849. The number of fused-ring (bicyclic) bond motifs is 1. The molecule has 7 heteroatoms. The molecule has 116 valence electrons. The highest BCUT2D eigenvalue weighted by Crippen LogP contribution is 2.34. The largest absolute Gasteiger partial charge is 0.481 e. The third kappa shape index (κ3) is 2.36. The Kier molecular flexibility index (Phi) is 3.41. The smallest absolute Gasteiger partial charge is 0.310 e. The lowest BCUT2D eigenvalue weighted by molar-refractivity contribution is -0.146. The second-order valence-electron chi connectivity index (χ2n) is 5.81. The molecule has 1 N–H and O–H groups in total. The third-order valence-electron chi connectivity index (χ3n) is 4.17. The van der Waals surface area contributed by atoms with Crippen molar-refractivity contribution in [3.8, 4) is 0 Å². The quantitative estimate of drug-likeness (QED) is 0.930. The van der Waals surface area contributed by atoms with E-state index < -0.39 is 21.4 Å². The van der Waals surface area contributed by atoms with Gasteiger partial charge in [-0.1, -0.05) is 6.07 Å². The zero-order chi connectivity index (χ0) is 16.0. The molecule has 1 aliphatic heterocycles. The maximum absolute atomic E-state index is 12.7. The van der Waals surface area contributed by atoms with Gasteiger partial charge in [0.1, 0.15) is 0 Å². The second kappa shape index (κ2) is 5.03. The summed E-state index contributed by atoms with van der Waals surface area (Å²) in [6, 6.07) is 8.30. The van der Waals surface area contributed by atoms with Gasteiger partial charge in [-0.05, 0) is 37.6 Å². The molecule has 1 atom stereocenters. The summed E-state index contributed by atoms with van der Waals surface area (Å²) in [5.74, 6) is -0.965. The van der Waals surface area contributed by atoms with Gasteiger partial charge in [0.2, 0.25) is 10.0 Å². The van der Waals surface area contributed by atoms with Gasteiger partial charge in [-0.3, -0.25) is 9.78 Å². The van der Waals surface area contributed by atoms with Crippen LogP contribution in [0, 0.1) is 5.41 Å². The number of sulfonamides is 1. The molecule has 1 aromatic carbocycles. The molecule has 1 aromatic heterocycles. The monoisotopic (exact) mass is 320 g/mol. The Labute approximate surface area is 128 Å². The van der Waals surface area contributed by atoms with Crippen LogP contribution in [0.25, 0.3) is 10.9 Å². The van der Waals surface area contributed by atoms with Crippen LogP contribution in [0.15, 0.2) is 41.4 Å². The van der Waals surface area contributed by atoms with Crippen LogP contribution >= 0.6 is 0 Å². The second-order valence-corrected chi connectivity index (χ2v) is 7.75. The first-order chi connectivity index (χ1) is 10.3. The number of carboxylic acids is 1. The number of hydrogen-bond acceptors (Lipinski definition) is 4. The van der Waals surface area contributed by atoms with E-state index in [-0.39, 0.29) is 18.0 Å². The Morgan fingerprint density at radius 2 is 2.14 bits per heavy atom. The van der Waals surface area contributed by atoms with E-state index >= 15 is 0 Å². The van der Waals surface area contributed by atoms with Crippen LogP contribution in [-0.4, -0.2) is 41.9 Å². The van der Waals surface area contributed by atoms with Crippen LogP contribution in [0.4, 0.5) is 0 Å². The number of aromatic nitrogens is 1. The number of aliphatic carboxylic acids is 1. The predicted octanol–water partition coefficient (Wildman–Crippen LogP) is 1.72. The molecule has 1 unspecified atom stereocenters. The van der Waals surface area contributed by atoms with Gasteiger partial charge in [0.25, 0.3) is 0 Å². The van der Waals surface area contributed by atoms with Crippen LogP contribution in [0.2, 0.25) is 0 Å². The van der Waals surface area contributed by atoms with Crippen molar-refractivity contribution in [2.24, 2.45) is 5.41 Å². The maximum atomic E-state index is 12.7. The standard InChI is InChI=1S/C15H16N2O4S/c1-15(14(18)19)6-8-17(10-15)22(20,21)12-4-5-13-11(9-12)3-2-7-16-13/h2-5,7,9H,6,8,10H2,1H3,(H,18,19). The molecule has 0 spiro atoms. The minimum atomic E-state index is -3.69. The molecule has 22 heavy (non-hydrogen) atoms. The summed E-state index contributed by atoms with van der Waals surface area (Å²) in [6.07, 6.45) is 1.96. The fourth-order valence-corrected chi connectivity index (χ4v) is 4.26. The molecular formula is C15H16N2O4S. The number of benzene rings is 1. The van der Waals surface area contributed by atoms with Crippen molar-refractivity contribution in [1.29, 1.82) is 0 Å². The molecule has 0 amide bonds. The van der Waals surface area contributed by atoms with E-state index in [1.807, 2.05) is 0 Å². The normalized spacial score (nSPS) is 23.0. The molecule has 1 fully saturated rings. The number of nitrogens with zero attached hydrogens (tertiary/aromatic N) is 2. The average Bonchev–Trinajstić information content (AvgIpc) is 2.91. The lowest BCUT2D eigenvalue weighted by Crippen LogP contribution is -2.34. The average molecular weight is 320 g/mol. The Morgan fingerprint density at radius 1 is 1.36 bits per heavy atom. The summed E-state index contributed by atoms with van der Waals surface area (Å²) in [5, 5.41) is 9.98. The summed E-state index contributed by atoms with van der Waals surface area (Å²) in [6.45, 7) is 1.79. The molecule has 0 aliphatic carbocycles. The summed E-state index contributed by atoms with van der Waals surface area (Å²) in [4.78, 5) is 15.6. The maximum Gasteiger partial charge on any atom is 0.310 e. The number of pyridine rings is 1. The molecule has 1 saturated heterocycles. The van der Waals surface area contributed by atoms with Crippen molar-refractivity contribution < 1.29 is 18.3 Å². The molecule has 0 radical (unpaired) electrons. The SMILES string of the molecule is CC1(C(=O)O)CCN(S(=O)(=O)c2ccc3ncccc3c2)C1. The van der Waals surface area contributed by atoms with Crippen molar-refractivity contribution in [2.45, 2.75) is 18.2 Å². The van der Waals surface area contributed by atoms with Gasteiger partial charge < -0.3 is 5.11 Å². The molecule has 6 nitrogen and oxygen atoms in total. The first-order valence-electron chi connectivity index (χ1n) is 6.91. The predicted molar refractivity (Wildman–Crippen MR) is 80.9 cm³/mol. The van der Waals surface area contributed by atoms with E-state index in [4.69, 9.17) is 0 Å². The topological polar surface area (TPSA) is 87.6 Å². The van der Waals surface area contributed by atoms with Crippen LogP contribution in [0.5, 0.6) is 0 Å². The van der Waals surface area contributed by atoms with E-state index in [9.17, 15) is 18.3 Å². The van der Waals surface area contributed by atoms with Gasteiger partial charge >= 0.3 is 5.97 Å². The Balaban J connectivity index is 1.97. The fraction of sp³-hybridized carbons (Fsp3) is 0.333. The molecule has 0 bridgehead atoms. The van der Waals surface area contributed by atoms with Gasteiger partial charge in [-0.2, -0.15) is 4.31 Å². The first kappa shape index (κ1) is 14.9. The van der Waals surface area contributed by atoms with E-state index in [1.54, 1.807) is 37.4 Å². The summed E-state index contributed by atoms with van der Waals surface area (Å²) >= 11 is 0. The van der Waals surface area contributed by atoms with Crippen molar-refractivity contribution in [3.05, 3.63) is 36.5 Å². The zero-order valence-corrected chi connectivity index (χ0v) is 12.9. The molecule has 2 heterocycles. The Morgan fingerprint density at radius 3 is 2.82 bits per heavy atom. The van der Waals surface area contributed by atoms with Gasteiger partial charge in [-0.15, -0.1) is 0 Å². The summed E-state index contributed by atoms with van der Waals surface area (Å²) < 4.78 is 26.7.